The van der Waals surface area contributed by atoms with Gasteiger partial charge in [0.1, 0.15) is 0 Å². The number of nitrogens with one attached hydrogen (secondary N) is 1. The summed E-state index contributed by atoms with van der Waals surface area (Å²) in [6.45, 7) is 0.915. The summed E-state index contributed by atoms with van der Waals surface area (Å²) in [7, 11) is 0. The Morgan fingerprint density at radius 3 is 2.45 bits per heavy atom. The van der Waals surface area contributed by atoms with Crippen LogP contribution in [0.3, 0.4) is 0 Å². The average Bonchev–Trinajstić information content (AvgIpc) is 3.39. The molecule has 4 rings (SSSR count). The van der Waals surface area contributed by atoms with E-state index in [1.54, 1.807) is 5.56 Å². The van der Waals surface area contributed by atoms with Crippen molar-refractivity contribution in [3.05, 3.63) is 65.7 Å². The van der Waals surface area contributed by atoms with Gasteiger partial charge < -0.3 is 5.32 Å². The minimum absolute atomic E-state index is 0.821. The van der Waals surface area contributed by atoms with E-state index in [1.807, 2.05) is 0 Å². The van der Waals surface area contributed by atoms with Crippen molar-refractivity contribution < 1.29 is 0 Å². The van der Waals surface area contributed by atoms with Crippen LogP contribution in [0.15, 0.2) is 54.6 Å². The Morgan fingerprint density at radius 2 is 1.65 bits per heavy atom. The molecule has 2 atom stereocenters. The molecular weight excluding hydrogens is 242 g/mol. The van der Waals surface area contributed by atoms with E-state index >= 15 is 0 Å². The first-order chi connectivity index (χ1) is 9.92. The number of anilines is 1. The van der Waals surface area contributed by atoms with Gasteiger partial charge in [0, 0.05) is 12.2 Å². The largest absolute Gasteiger partial charge is 0.381 e. The molecule has 0 radical (unpaired) electrons. The van der Waals surface area contributed by atoms with Crippen molar-refractivity contribution >= 4 is 5.69 Å². The maximum atomic E-state index is 3.63. The van der Waals surface area contributed by atoms with Gasteiger partial charge in [0.2, 0.25) is 0 Å². The molecule has 0 spiro atoms. The Balaban J connectivity index is 1.47. The predicted molar refractivity (Wildman–Crippen MR) is 83.8 cm³/mol. The fourth-order valence-electron chi connectivity index (χ4n) is 3.39. The number of para-hydroxylation sites is 1. The van der Waals surface area contributed by atoms with Crippen molar-refractivity contribution in [3.63, 3.8) is 0 Å². The van der Waals surface area contributed by atoms with Gasteiger partial charge in [-0.2, -0.15) is 0 Å². The van der Waals surface area contributed by atoms with Crippen LogP contribution in [0.25, 0.3) is 0 Å². The average molecular weight is 263 g/mol. The second kappa shape index (κ2) is 4.97. The van der Waals surface area contributed by atoms with Gasteiger partial charge in [-0.05, 0) is 54.2 Å². The predicted octanol–water partition coefficient (Wildman–Crippen LogP) is 4.81. The van der Waals surface area contributed by atoms with Crippen molar-refractivity contribution in [1.82, 2.24) is 0 Å². The molecule has 2 aliphatic rings. The molecule has 1 nitrogen and oxygen atoms in total. The first-order valence-electron chi connectivity index (χ1n) is 7.78. The third-order valence-electron chi connectivity index (χ3n) is 4.75. The summed E-state index contributed by atoms with van der Waals surface area (Å²) >= 11 is 0. The quantitative estimate of drug-likeness (QED) is 0.816. The number of hydrogen-bond acceptors (Lipinski definition) is 1. The van der Waals surface area contributed by atoms with E-state index in [0.29, 0.717) is 0 Å². The van der Waals surface area contributed by atoms with Gasteiger partial charge in [-0.1, -0.05) is 48.5 Å². The molecule has 20 heavy (non-hydrogen) atoms. The zero-order valence-electron chi connectivity index (χ0n) is 11.8. The molecule has 0 saturated heterocycles. The Labute approximate surface area is 121 Å². The maximum absolute atomic E-state index is 3.63. The minimum Gasteiger partial charge on any atom is -0.381 e. The summed E-state index contributed by atoms with van der Waals surface area (Å²) in [6.07, 6.45) is 4.36. The Morgan fingerprint density at radius 1 is 0.900 bits per heavy atom. The molecular formula is C19H21N. The second-order valence-electron chi connectivity index (χ2n) is 6.27. The van der Waals surface area contributed by atoms with Gasteiger partial charge in [-0.15, -0.1) is 0 Å². The van der Waals surface area contributed by atoms with E-state index in [-0.39, 0.29) is 0 Å². The molecule has 0 aromatic heterocycles. The molecule has 2 unspecified atom stereocenters. The van der Waals surface area contributed by atoms with E-state index in [2.05, 4.69) is 59.9 Å². The summed E-state index contributed by atoms with van der Waals surface area (Å²) in [5.41, 5.74) is 4.22. The number of benzene rings is 2. The molecule has 2 aromatic carbocycles. The zero-order chi connectivity index (χ0) is 13.4. The van der Waals surface area contributed by atoms with E-state index in [1.165, 1.54) is 30.5 Å². The highest BCUT2D eigenvalue weighted by atomic mass is 14.9. The van der Waals surface area contributed by atoms with Gasteiger partial charge in [0.25, 0.3) is 0 Å². The van der Waals surface area contributed by atoms with Crippen LogP contribution in [0.5, 0.6) is 0 Å². The molecule has 0 aliphatic heterocycles. The lowest BCUT2D eigenvalue weighted by Crippen LogP contribution is -2.02. The smallest absolute Gasteiger partial charge is 0.0400 e. The highest BCUT2D eigenvalue weighted by Gasteiger charge is 2.48. The van der Waals surface area contributed by atoms with Crippen LogP contribution >= 0.6 is 0 Å². The van der Waals surface area contributed by atoms with Crippen LogP contribution in [0.1, 0.15) is 36.3 Å². The highest BCUT2D eigenvalue weighted by Crippen LogP contribution is 2.60. The fourth-order valence-corrected chi connectivity index (χ4v) is 3.39. The van der Waals surface area contributed by atoms with Gasteiger partial charge in [-0.3, -0.25) is 0 Å². The van der Waals surface area contributed by atoms with Crippen LogP contribution in [0.4, 0.5) is 5.69 Å². The lowest BCUT2D eigenvalue weighted by molar-refractivity contribution is 0.690. The Bertz CT molecular complexity index is 586. The molecule has 1 heteroatoms. The Hall–Kier alpha value is -1.76. The molecule has 0 bridgehead atoms. The van der Waals surface area contributed by atoms with Crippen LogP contribution < -0.4 is 5.32 Å². The number of hydrogen-bond donors (Lipinski definition) is 1. The van der Waals surface area contributed by atoms with E-state index < -0.39 is 0 Å². The molecule has 2 fully saturated rings. The van der Waals surface area contributed by atoms with Gasteiger partial charge in [-0.25, -0.2) is 0 Å². The SMILES string of the molecule is c1ccc(CNc2ccccc2C2CC2C2CC2)cc1. The molecule has 1 N–H and O–H groups in total. The normalized spacial score (nSPS) is 24.4. The van der Waals surface area contributed by atoms with Crippen molar-refractivity contribution in [2.45, 2.75) is 31.7 Å². The summed E-state index contributed by atoms with van der Waals surface area (Å²) < 4.78 is 0. The van der Waals surface area contributed by atoms with Crippen molar-refractivity contribution in [3.8, 4) is 0 Å². The van der Waals surface area contributed by atoms with Crippen LogP contribution in [-0.4, -0.2) is 0 Å². The summed E-state index contributed by atoms with van der Waals surface area (Å²) in [4.78, 5) is 0. The third-order valence-corrected chi connectivity index (χ3v) is 4.75. The molecule has 2 aliphatic carbocycles. The molecule has 0 amide bonds. The lowest BCUT2D eigenvalue weighted by atomic mass is 10.0. The summed E-state index contributed by atoms with van der Waals surface area (Å²) in [5, 5.41) is 3.63. The molecule has 0 heterocycles. The first kappa shape index (κ1) is 12.0. The van der Waals surface area contributed by atoms with E-state index in [9.17, 15) is 0 Å². The van der Waals surface area contributed by atoms with Gasteiger partial charge >= 0.3 is 0 Å². The van der Waals surface area contributed by atoms with Crippen molar-refractivity contribution in [1.29, 1.82) is 0 Å². The third kappa shape index (κ3) is 2.45. The zero-order valence-corrected chi connectivity index (χ0v) is 11.8. The standard InChI is InChI=1S/C19H21N/c1-2-6-14(7-3-1)13-20-19-9-5-4-8-16(19)18-12-17(18)15-10-11-15/h1-9,15,17-18,20H,10-13H2. The van der Waals surface area contributed by atoms with Crippen LogP contribution in [0.2, 0.25) is 0 Å². The lowest BCUT2D eigenvalue weighted by Gasteiger charge is -2.12. The van der Waals surface area contributed by atoms with Crippen molar-refractivity contribution in [2.75, 3.05) is 5.32 Å². The minimum atomic E-state index is 0.821. The molecule has 102 valence electrons. The monoisotopic (exact) mass is 263 g/mol. The van der Waals surface area contributed by atoms with E-state index in [4.69, 9.17) is 0 Å². The number of rotatable bonds is 5. The molecule has 2 saturated carbocycles. The van der Waals surface area contributed by atoms with Crippen LogP contribution in [-0.2, 0) is 6.54 Å². The van der Waals surface area contributed by atoms with Gasteiger partial charge in [0.05, 0.1) is 0 Å². The highest BCUT2D eigenvalue weighted by molar-refractivity contribution is 5.55. The maximum Gasteiger partial charge on any atom is 0.0400 e. The summed E-state index contributed by atoms with van der Waals surface area (Å²) in [5.74, 6) is 2.85. The van der Waals surface area contributed by atoms with Crippen LogP contribution in [0, 0.1) is 11.8 Å². The second-order valence-corrected chi connectivity index (χ2v) is 6.27. The van der Waals surface area contributed by atoms with Gasteiger partial charge in [0.15, 0.2) is 0 Å². The topological polar surface area (TPSA) is 12.0 Å². The van der Waals surface area contributed by atoms with Crippen molar-refractivity contribution in [2.24, 2.45) is 11.8 Å². The fraction of sp³-hybridized carbons (Fsp3) is 0.368. The summed E-state index contributed by atoms with van der Waals surface area (Å²) in [6, 6.07) is 19.5. The Kier molecular flexibility index (Phi) is 2.99. The first-order valence-corrected chi connectivity index (χ1v) is 7.78. The molecule has 2 aromatic rings. The van der Waals surface area contributed by atoms with E-state index in [0.717, 1.165) is 24.3 Å².